The fraction of sp³-hybridized carbons (Fsp3) is 1.00. The lowest BCUT2D eigenvalue weighted by molar-refractivity contribution is 0.284. The highest BCUT2D eigenvalue weighted by Crippen LogP contribution is 2.14. The first kappa shape index (κ1) is 6.05. The molecule has 2 nitrogen and oxygen atoms in total. The van der Waals surface area contributed by atoms with E-state index in [1.54, 1.807) is 0 Å². The molecule has 0 spiro atoms. The molecule has 0 amide bonds. The fourth-order valence-corrected chi connectivity index (χ4v) is 0.927. The maximum Gasteiger partial charge on any atom is 0.0431 e. The van der Waals surface area contributed by atoms with Crippen molar-refractivity contribution in [3.05, 3.63) is 0 Å². The molecule has 1 aliphatic heterocycles. The Labute approximate surface area is 49.9 Å². The average Bonchev–Trinajstić information content (AvgIpc) is 2.42. The van der Waals surface area contributed by atoms with Crippen LogP contribution in [0.2, 0.25) is 0 Å². The number of hydrogen-bond acceptors (Lipinski definition) is 2. The van der Waals surface area contributed by atoms with Crippen molar-refractivity contribution < 1.29 is 5.11 Å². The van der Waals surface area contributed by atoms with E-state index in [2.05, 4.69) is 12.2 Å². The molecule has 1 rings (SSSR count). The van der Waals surface area contributed by atoms with Crippen molar-refractivity contribution in [2.45, 2.75) is 31.8 Å². The van der Waals surface area contributed by atoms with Gasteiger partial charge < -0.3 is 10.4 Å². The molecule has 0 aliphatic carbocycles. The van der Waals surface area contributed by atoms with Crippen molar-refractivity contribution in [1.29, 1.82) is 0 Å². The van der Waals surface area contributed by atoms with Gasteiger partial charge in [-0.2, -0.15) is 0 Å². The second kappa shape index (κ2) is 2.46. The Kier molecular flexibility index (Phi) is 1.86. The van der Waals surface area contributed by atoms with Gasteiger partial charge in [-0.25, -0.2) is 0 Å². The normalized spacial score (nSPS) is 35.2. The molecule has 0 aromatic rings. The van der Waals surface area contributed by atoms with Crippen LogP contribution in [-0.4, -0.2) is 23.8 Å². The Morgan fingerprint density at radius 1 is 1.62 bits per heavy atom. The zero-order valence-corrected chi connectivity index (χ0v) is 5.22. The van der Waals surface area contributed by atoms with Gasteiger partial charge in [0.2, 0.25) is 0 Å². The van der Waals surface area contributed by atoms with Crippen molar-refractivity contribution in [3.8, 4) is 0 Å². The van der Waals surface area contributed by atoms with Crippen LogP contribution >= 0.6 is 0 Å². The van der Waals surface area contributed by atoms with E-state index in [4.69, 9.17) is 5.11 Å². The van der Waals surface area contributed by atoms with E-state index < -0.39 is 0 Å². The van der Waals surface area contributed by atoms with E-state index in [9.17, 15) is 0 Å². The predicted octanol–water partition coefficient (Wildman–Crippen LogP) is 0.119. The molecule has 0 bridgehead atoms. The van der Waals surface area contributed by atoms with Crippen LogP contribution in [0.1, 0.15) is 19.8 Å². The summed E-state index contributed by atoms with van der Waals surface area (Å²) in [6.07, 6.45) is 2.08. The van der Waals surface area contributed by atoms with Crippen LogP contribution in [0.15, 0.2) is 0 Å². The van der Waals surface area contributed by atoms with Gasteiger partial charge in [-0.15, -0.1) is 0 Å². The third-order valence-electron chi connectivity index (χ3n) is 1.64. The van der Waals surface area contributed by atoms with Gasteiger partial charge in [0.25, 0.3) is 0 Å². The Balaban J connectivity index is 1.89. The summed E-state index contributed by atoms with van der Waals surface area (Å²) in [5, 5.41) is 11.7. The number of aliphatic hydroxyl groups is 1. The molecular weight excluding hydrogens is 102 g/mol. The van der Waals surface area contributed by atoms with Crippen LogP contribution in [0.5, 0.6) is 0 Å². The molecule has 2 atom stereocenters. The van der Waals surface area contributed by atoms with Crippen molar-refractivity contribution >= 4 is 0 Å². The SMILES string of the molecule is CC1NC1CCCO. The number of nitrogens with one attached hydrogen (secondary N) is 1. The molecule has 8 heavy (non-hydrogen) atoms. The Morgan fingerprint density at radius 3 is 2.62 bits per heavy atom. The molecule has 2 unspecified atom stereocenters. The summed E-state index contributed by atoms with van der Waals surface area (Å²) < 4.78 is 0. The number of rotatable bonds is 3. The minimum atomic E-state index is 0.338. The molecule has 2 N–H and O–H groups in total. The largest absolute Gasteiger partial charge is 0.396 e. The molecule has 48 valence electrons. The molecule has 0 aromatic carbocycles. The standard InChI is InChI=1S/C6H13NO/c1-5-6(7-5)3-2-4-8/h5-8H,2-4H2,1H3. The van der Waals surface area contributed by atoms with Gasteiger partial charge in [0.1, 0.15) is 0 Å². The highest BCUT2D eigenvalue weighted by molar-refractivity contribution is 4.93. The molecule has 1 aliphatic rings. The highest BCUT2D eigenvalue weighted by atomic mass is 16.2. The third-order valence-corrected chi connectivity index (χ3v) is 1.64. The van der Waals surface area contributed by atoms with Gasteiger partial charge in [-0.1, -0.05) is 0 Å². The van der Waals surface area contributed by atoms with Gasteiger partial charge in [-0.3, -0.25) is 0 Å². The van der Waals surface area contributed by atoms with E-state index in [0.717, 1.165) is 12.8 Å². The molecule has 0 aromatic heterocycles. The van der Waals surface area contributed by atoms with Gasteiger partial charge in [0, 0.05) is 18.7 Å². The van der Waals surface area contributed by atoms with E-state index in [-0.39, 0.29) is 0 Å². The summed E-state index contributed by atoms with van der Waals surface area (Å²) in [7, 11) is 0. The summed E-state index contributed by atoms with van der Waals surface area (Å²) in [6, 6.07) is 1.42. The van der Waals surface area contributed by atoms with Gasteiger partial charge in [-0.05, 0) is 19.8 Å². The van der Waals surface area contributed by atoms with Crippen molar-refractivity contribution in [3.63, 3.8) is 0 Å². The zero-order valence-electron chi connectivity index (χ0n) is 5.22. The predicted molar refractivity (Wildman–Crippen MR) is 32.7 cm³/mol. The lowest BCUT2D eigenvalue weighted by Crippen LogP contribution is -1.93. The van der Waals surface area contributed by atoms with Gasteiger partial charge in [0.05, 0.1) is 0 Å². The fourth-order valence-electron chi connectivity index (χ4n) is 0.927. The average molecular weight is 115 g/mol. The first-order valence-electron chi connectivity index (χ1n) is 3.21. The minimum Gasteiger partial charge on any atom is -0.396 e. The first-order chi connectivity index (χ1) is 3.84. The first-order valence-corrected chi connectivity index (χ1v) is 3.21. The quantitative estimate of drug-likeness (QED) is 0.513. The van der Waals surface area contributed by atoms with Crippen LogP contribution in [0.3, 0.4) is 0 Å². The number of aliphatic hydroxyl groups excluding tert-OH is 1. The smallest absolute Gasteiger partial charge is 0.0431 e. The topological polar surface area (TPSA) is 42.2 Å². The molecule has 0 saturated carbocycles. The molecule has 1 heterocycles. The van der Waals surface area contributed by atoms with Crippen molar-refractivity contribution in [2.24, 2.45) is 0 Å². The minimum absolute atomic E-state index is 0.338. The Morgan fingerprint density at radius 2 is 2.25 bits per heavy atom. The van der Waals surface area contributed by atoms with Crippen LogP contribution < -0.4 is 5.32 Å². The lowest BCUT2D eigenvalue weighted by atomic mass is 10.2. The summed E-state index contributed by atoms with van der Waals surface area (Å²) in [6.45, 7) is 2.51. The Bertz CT molecular complexity index is 74.9. The highest BCUT2D eigenvalue weighted by Gasteiger charge is 2.29. The molecule has 1 saturated heterocycles. The van der Waals surface area contributed by atoms with E-state index in [1.807, 2.05) is 0 Å². The van der Waals surface area contributed by atoms with E-state index in [0.29, 0.717) is 18.7 Å². The second-order valence-electron chi connectivity index (χ2n) is 2.43. The second-order valence-corrected chi connectivity index (χ2v) is 2.43. The van der Waals surface area contributed by atoms with Crippen LogP contribution in [0.4, 0.5) is 0 Å². The lowest BCUT2D eigenvalue weighted by Gasteiger charge is -1.89. The van der Waals surface area contributed by atoms with Crippen LogP contribution in [0, 0.1) is 0 Å². The molecular formula is C6H13NO. The summed E-state index contributed by atoms with van der Waals surface area (Å²) in [4.78, 5) is 0. The number of hydrogen-bond donors (Lipinski definition) is 2. The summed E-state index contributed by atoms with van der Waals surface area (Å²) in [5.41, 5.74) is 0. The molecule has 0 radical (unpaired) electrons. The van der Waals surface area contributed by atoms with Crippen LogP contribution in [0.25, 0.3) is 0 Å². The maximum atomic E-state index is 8.40. The monoisotopic (exact) mass is 115 g/mol. The molecule has 2 heteroatoms. The maximum absolute atomic E-state index is 8.40. The van der Waals surface area contributed by atoms with Crippen LogP contribution in [-0.2, 0) is 0 Å². The Hall–Kier alpha value is -0.0800. The van der Waals surface area contributed by atoms with Gasteiger partial charge >= 0.3 is 0 Å². The van der Waals surface area contributed by atoms with E-state index >= 15 is 0 Å². The van der Waals surface area contributed by atoms with Crippen molar-refractivity contribution in [1.82, 2.24) is 5.32 Å². The third kappa shape index (κ3) is 1.46. The van der Waals surface area contributed by atoms with Gasteiger partial charge in [0.15, 0.2) is 0 Å². The molecule has 1 fully saturated rings. The van der Waals surface area contributed by atoms with Crippen molar-refractivity contribution in [2.75, 3.05) is 6.61 Å². The summed E-state index contributed by atoms with van der Waals surface area (Å²) in [5.74, 6) is 0. The van der Waals surface area contributed by atoms with E-state index in [1.165, 1.54) is 0 Å². The zero-order chi connectivity index (χ0) is 5.98. The summed E-state index contributed by atoms with van der Waals surface area (Å²) >= 11 is 0.